The van der Waals surface area contributed by atoms with E-state index in [0.717, 1.165) is 6.33 Å². The zero-order chi connectivity index (χ0) is 12.0. The van der Waals surface area contributed by atoms with E-state index in [1.165, 1.54) is 13.3 Å². The van der Waals surface area contributed by atoms with Crippen molar-refractivity contribution in [1.82, 2.24) is 30.4 Å². The predicted molar refractivity (Wildman–Crippen MR) is 64.2 cm³/mol. The van der Waals surface area contributed by atoms with Crippen molar-refractivity contribution in [2.45, 2.75) is 6.92 Å². The van der Waals surface area contributed by atoms with E-state index in [4.69, 9.17) is 5.11 Å². The van der Waals surface area contributed by atoms with Gasteiger partial charge in [0.25, 0.3) is 0 Å². The predicted octanol–water partition coefficient (Wildman–Crippen LogP) is 0.354. The van der Waals surface area contributed by atoms with E-state index in [0.29, 0.717) is 5.82 Å². The molecule has 2 aromatic rings. The van der Waals surface area contributed by atoms with E-state index < -0.39 is 5.97 Å². The minimum absolute atomic E-state index is 0. The number of halogens is 2. The van der Waals surface area contributed by atoms with Crippen molar-refractivity contribution in [3.8, 4) is 0 Å². The molecule has 0 aliphatic carbocycles. The first-order valence-electron chi connectivity index (χ1n) is 4.06. The monoisotopic (exact) mass is 296 g/mol. The molecule has 0 atom stereocenters. The number of ketones is 1. The molecule has 2 aromatic heterocycles. The summed E-state index contributed by atoms with van der Waals surface area (Å²) < 4.78 is 0. The lowest BCUT2D eigenvalue weighted by atomic mass is 10.4. The highest BCUT2D eigenvalue weighted by Crippen LogP contribution is 1.83. The van der Waals surface area contributed by atoms with Gasteiger partial charge in [0.15, 0.2) is 11.6 Å². The molecule has 18 heavy (non-hydrogen) atoms. The fourth-order valence-electron chi connectivity index (χ4n) is 0.684. The van der Waals surface area contributed by atoms with Crippen molar-refractivity contribution in [3.63, 3.8) is 0 Å². The van der Waals surface area contributed by atoms with Crippen LogP contribution in [-0.2, 0) is 0 Å². The Labute approximate surface area is 113 Å². The fraction of sp³-hybridized carbons (Fsp3) is 0.143. The Bertz CT molecular complexity index is 413. The van der Waals surface area contributed by atoms with Gasteiger partial charge in [0.05, 0.1) is 0 Å². The van der Waals surface area contributed by atoms with E-state index >= 15 is 0 Å². The Balaban J connectivity index is 0. The topological polar surface area (TPSA) is 138 Å². The van der Waals surface area contributed by atoms with Gasteiger partial charge >= 0.3 is 5.97 Å². The molecule has 0 amide bonds. The van der Waals surface area contributed by atoms with E-state index in [1.54, 1.807) is 0 Å². The smallest absolute Gasteiger partial charge is 0.373 e. The summed E-state index contributed by atoms with van der Waals surface area (Å²) in [6.07, 6.45) is 2.44. The van der Waals surface area contributed by atoms with Crippen molar-refractivity contribution in [2.75, 3.05) is 0 Å². The van der Waals surface area contributed by atoms with Gasteiger partial charge in [0.2, 0.25) is 5.82 Å². The molecule has 2 heterocycles. The number of H-pyrrole nitrogens is 2. The van der Waals surface area contributed by atoms with Gasteiger partial charge in [-0.25, -0.2) is 14.8 Å². The van der Waals surface area contributed by atoms with Crippen molar-refractivity contribution in [2.24, 2.45) is 0 Å². The summed E-state index contributed by atoms with van der Waals surface area (Å²) in [5.74, 6) is -1.01. The van der Waals surface area contributed by atoms with Gasteiger partial charge in [-0.2, -0.15) is 10.2 Å². The normalized spacial score (nSPS) is 8.06. The van der Waals surface area contributed by atoms with Crippen LogP contribution in [0.2, 0.25) is 0 Å². The summed E-state index contributed by atoms with van der Waals surface area (Å²) in [5.41, 5.74) is 0. The summed E-state index contributed by atoms with van der Waals surface area (Å²) >= 11 is 0. The molecule has 2 rings (SSSR count). The third-order valence-corrected chi connectivity index (χ3v) is 1.37. The first-order valence-corrected chi connectivity index (χ1v) is 4.06. The Morgan fingerprint density at radius 1 is 1.06 bits per heavy atom. The van der Waals surface area contributed by atoms with E-state index in [-0.39, 0.29) is 36.4 Å². The van der Waals surface area contributed by atoms with Gasteiger partial charge < -0.3 is 5.11 Å². The molecule has 0 aliphatic rings. The number of aromatic amines is 2. The highest BCUT2D eigenvalue weighted by molar-refractivity contribution is 5.89. The Morgan fingerprint density at radius 3 is 1.67 bits per heavy atom. The third kappa shape index (κ3) is 5.92. The van der Waals surface area contributed by atoms with Crippen LogP contribution < -0.4 is 0 Å². The van der Waals surface area contributed by atoms with Crippen LogP contribution in [0.25, 0.3) is 0 Å². The fourth-order valence-corrected chi connectivity index (χ4v) is 0.684. The van der Waals surface area contributed by atoms with Gasteiger partial charge in [-0.15, -0.1) is 24.8 Å². The molecule has 11 heteroatoms. The van der Waals surface area contributed by atoms with Crippen LogP contribution in [0.5, 0.6) is 0 Å². The average molecular weight is 297 g/mol. The lowest BCUT2D eigenvalue weighted by Crippen LogP contribution is -1.97. The van der Waals surface area contributed by atoms with Crippen LogP contribution in [0.15, 0.2) is 12.7 Å². The number of aromatic carboxylic acids is 1. The van der Waals surface area contributed by atoms with Crippen molar-refractivity contribution in [3.05, 3.63) is 24.3 Å². The Morgan fingerprint density at radius 2 is 1.50 bits per heavy atom. The Kier molecular flexibility index (Phi) is 9.26. The second kappa shape index (κ2) is 9.07. The number of hydrogen-bond donors (Lipinski definition) is 3. The van der Waals surface area contributed by atoms with Crippen LogP contribution in [0.1, 0.15) is 28.2 Å². The number of nitrogens with zero attached hydrogens (tertiary/aromatic N) is 4. The largest absolute Gasteiger partial charge is 0.475 e. The van der Waals surface area contributed by atoms with Crippen LogP contribution in [0, 0.1) is 0 Å². The number of Topliss-reactive ketones (excluding diaryl/α,β-unsaturated/α-hetero) is 1. The molecule has 0 aliphatic heterocycles. The number of hydrogen-bond acceptors (Lipinski definition) is 6. The first kappa shape index (κ1) is 18.4. The molecular weight excluding hydrogens is 287 g/mol. The van der Waals surface area contributed by atoms with Gasteiger partial charge in [0.1, 0.15) is 12.7 Å². The summed E-state index contributed by atoms with van der Waals surface area (Å²) in [6, 6.07) is 0. The van der Waals surface area contributed by atoms with E-state index in [9.17, 15) is 9.59 Å². The lowest BCUT2D eigenvalue weighted by Gasteiger charge is -1.78. The highest BCUT2D eigenvalue weighted by Gasteiger charge is 2.02. The van der Waals surface area contributed by atoms with Gasteiger partial charge in [-0.05, 0) is 0 Å². The second-order valence-corrected chi connectivity index (χ2v) is 2.53. The molecule has 0 bridgehead atoms. The molecule has 0 unspecified atom stereocenters. The molecule has 100 valence electrons. The van der Waals surface area contributed by atoms with Crippen LogP contribution in [0.3, 0.4) is 0 Å². The van der Waals surface area contributed by atoms with Crippen molar-refractivity contribution in [1.29, 1.82) is 0 Å². The summed E-state index contributed by atoms with van der Waals surface area (Å²) in [4.78, 5) is 27.3. The van der Waals surface area contributed by atoms with Crippen molar-refractivity contribution < 1.29 is 14.7 Å². The maximum atomic E-state index is 10.4. The summed E-state index contributed by atoms with van der Waals surface area (Å²) in [6.45, 7) is 1.43. The van der Waals surface area contributed by atoms with E-state index in [2.05, 4.69) is 30.4 Å². The second-order valence-electron chi connectivity index (χ2n) is 2.53. The third-order valence-electron chi connectivity index (χ3n) is 1.37. The Hall–Kier alpha value is -2.00. The molecule has 3 N–H and O–H groups in total. The number of rotatable bonds is 2. The van der Waals surface area contributed by atoms with Gasteiger partial charge in [0, 0.05) is 6.92 Å². The SMILES string of the molecule is CC(=O)c1ncn[nH]1.Cl.Cl.O=C(O)c1ncn[nH]1. The minimum atomic E-state index is -1.09. The van der Waals surface area contributed by atoms with E-state index in [1.807, 2.05) is 0 Å². The summed E-state index contributed by atoms with van der Waals surface area (Å²) in [7, 11) is 0. The molecule has 0 saturated carbocycles. The zero-order valence-electron chi connectivity index (χ0n) is 9.02. The molecule has 9 nitrogen and oxygen atoms in total. The van der Waals surface area contributed by atoms with Crippen LogP contribution in [0.4, 0.5) is 0 Å². The maximum absolute atomic E-state index is 10.4. The number of carboxylic acids is 1. The maximum Gasteiger partial charge on any atom is 0.373 e. The van der Waals surface area contributed by atoms with Gasteiger partial charge in [-0.3, -0.25) is 15.0 Å². The molecule has 0 spiro atoms. The van der Waals surface area contributed by atoms with Crippen LogP contribution >= 0.6 is 24.8 Å². The van der Waals surface area contributed by atoms with Crippen molar-refractivity contribution >= 4 is 36.6 Å². The molecular formula is C7H10Cl2N6O3. The minimum Gasteiger partial charge on any atom is -0.475 e. The number of carbonyl (C=O) groups excluding carboxylic acids is 1. The quantitative estimate of drug-likeness (QED) is 0.680. The first-order chi connectivity index (χ1) is 7.61. The lowest BCUT2D eigenvalue weighted by molar-refractivity contribution is 0.0684. The summed E-state index contributed by atoms with van der Waals surface area (Å²) in [5, 5.41) is 19.6. The average Bonchev–Trinajstić information content (AvgIpc) is 2.93. The number of nitrogens with one attached hydrogen (secondary N) is 2. The highest BCUT2D eigenvalue weighted by atomic mass is 35.5. The molecule has 0 aromatic carbocycles. The van der Waals surface area contributed by atoms with Gasteiger partial charge in [-0.1, -0.05) is 0 Å². The molecule has 0 saturated heterocycles. The number of aromatic nitrogens is 6. The zero-order valence-corrected chi connectivity index (χ0v) is 10.7. The molecule has 0 fully saturated rings. The standard InChI is InChI=1S/C4H5N3O.C3H3N3O2.2ClH/c1-3(8)4-5-2-6-7-4;7-3(8)2-4-1-5-6-2;;/h2H,1H3,(H,5,6,7);1H,(H,7,8)(H,4,5,6);2*1H. The molecule has 0 radical (unpaired) electrons. The number of carboxylic acid groups (broad SMARTS) is 1. The van der Waals surface area contributed by atoms with Crippen LogP contribution in [-0.4, -0.2) is 47.2 Å². The number of carbonyl (C=O) groups is 2.